The van der Waals surface area contributed by atoms with Crippen molar-refractivity contribution in [1.82, 2.24) is 0 Å². The number of carbonyl (C=O) groups excluding carboxylic acids is 4. The Labute approximate surface area is 158 Å². The van der Waals surface area contributed by atoms with Crippen LogP contribution in [-0.2, 0) is 47.6 Å². The van der Waals surface area contributed by atoms with Crippen molar-refractivity contribution in [3.05, 3.63) is 23.3 Å². The summed E-state index contributed by atoms with van der Waals surface area (Å²) in [6.45, 7) is 1.34. The molecule has 0 saturated heterocycles. The second-order valence-electron chi connectivity index (χ2n) is 5.60. The number of ether oxygens (including phenoxy) is 6. The summed E-state index contributed by atoms with van der Waals surface area (Å²) in [6, 6.07) is 0. The molecule has 2 aliphatic rings. The molecule has 154 valence electrons. The van der Waals surface area contributed by atoms with Gasteiger partial charge in [0, 0.05) is 23.3 Å². The predicted molar refractivity (Wildman–Crippen MR) is 83.4 cm³/mol. The van der Waals surface area contributed by atoms with E-state index in [0.29, 0.717) is 6.08 Å². The minimum absolute atomic E-state index is 0.0616. The number of esters is 4. The van der Waals surface area contributed by atoms with Crippen LogP contribution in [0.1, 0.15) is 13.8 Å². The highest BCUT2D eigenvalue weighted by Crippen LogP contribution is 2.37. The molecule has 0 radical (unpaired) electrons. The summed E-state index contributed by atoms with van der Waals surface area (Å²) in [5.74, 6) is -11.5. The van der Waals surface area contributed by atoms with Crippen LogP contribution in [0.2, 0.25) is 0 Å². The van der Waals surface area contributed by atoms with Gasteiger partial charge in [0.15, 0.2) is 0 Å². The normalized spacial score (nSPS) is 28.1. The van der Waals surface area contributed by atoms with E-state index in [2.05, 4.69) is 4.74 Å². The fraction of sp³-hybridized carbons (Fsp3) is 0.500. The lowest BCUT2D eigenvalue weighted by molar-refractivity contribution is -0.510. The SMILES string of the molecule is CC1=CC(=O)OC(O)(C2(OCCOCCO)OC(=O)C=C(C)C(=O)O2)OC1=O. The van der Waals surface area contributed by atoms with Gasteiger partial charge in [0.2, 0.25) is 0 Å². The van der Waals surface area contributed by atoms with Gasteiger partial charge in [-0.2, -0.15) is 0 Å². The van der Waals surface area contributed by atoms with E-state index < -0.39 is 42.4 Å². The van der Waals surface area contributed by atoms with Gasteiger partial charge in [-0.15, -0.1) is 0 Å². The van der Waals surface area contributed by atoms with Crippen molar-refractivity contribution >= 4 is 23.9 Å². The van der Waals surface area contributed by atoms with Gasteiger partial charge < -0.3 is 33.9 Å². The highest BCUT2D eigenvalue weighted by molar-refractivity contribution is 5.98. The molecule has 0 fully saturated rings. The Balaban J connectivity index is 2.39. The lowest BCUT2D eigenvalue weighted by atomic mass is 10.3. The van der Waals surface area contributed by atoms with Gasteiger partial charge in [0.1, 0.15) is 0 Å². The van der Waals surface area contributed by atoms with E-state index in [0.717, 1.165) is 6.08 Å². The number of cyclic esters (lactones) is 4. The molecule has 0 spiro atoms. The molecule has 2 unspecified atom stereocenters. The van der Waals surface area contributed by atoms with E-state index in [1.807, 2.05) is 0 Å². The Hall–Kier alpha value is -2.80. The number of hydrogen-bond donors (Lipinski definition) is 2. The molecule has 0 aromatic rings. The van der Waals surface area contributed by atoms with E-state index >= 15 is 0 Å². The van der Waals surface area contributed by atoms with Crippen LogP contribution in [-0.4, -0.2) is 72.5 Å². The molecule has 2 N–H and O–H groups in total. The van der Waals surface area contributed by atoms with E-state index in [1.165, 1.54) is 13.8 Å². The Bertz CT molecular complexity index is 738. The van der Waals surface area contributed by atoms with Crippen molar-refractivity contribution in [1.29, 1.82) is 0 Å². The number of aliphatic hydroxyl groups is 2. The quantitative estimate of drug-likeness (QED) is 0.371. The summed E-state index contributed by atoms with van der Waals surface area (Å²) in [4.78, 5) is 48.0. The Morgan fingerprint density at radius 2 is 1.43 bits per heavy atom. The summed E-state index contributed by atoms with van der Waals surface area (Å²) in [5, 5.41) is 19.4. The Kier molecular flexibility index (Phi) is 6.51. The first kappa shape index (κ1) is 21.5. The second-order valence-corrected chi connectivity index (χ2v) is 5.60. The van der Waals surface area contributed by atoms with E-state index in [-0.39, 0.29) is 31.0 Å². The molecule has 2 atom stereocenters. The molecule has 12 nitrogen and oxygen atoms in total. The third-order valence-corrected chi connectivity index (χ3v) is 3.39. The van der Waals surface area contributed by atoms with Gasteiger partial charge >= 0.3 is 35.8 Å². The molecule has 2 rings (SSSR count). The monoisotopic (exact) mass is 402 g/mol. The van der Waals surface area contributed by atoms with Crippen molar-refractivity contribution in [3.63, 3.8) is 0 Å². The largest absolute Gasteiger partial charge is 0.491 e. The molecule has 12 heteroatoms. The molecular formula is C16H18O12. The van der Waals surface area contributed by atoms with Crippen molar-refractivity contribution in [2.24, 2.45) is 0 Å². The summed E-state index contributed by atoms with van der Waals surface area (Å²) in [7, 11) is 0. The molecule has 0 saturated carbocycles. The first-order chi connectivity index (χ1) is 13.1. The molecule has 2 heterocycles. The number of aliphatic hydroxyl groups excluding tert-OH is 1. The highest BCUT2D eigenvalue weighted by atomic mass is 17.0. The molecule has 0 aliphatic carbocycles. The predicted octanol–water partition coefficient (Wildman–Crippen LogP) is -1.60. The minimum Gasteiger partial charge on any atom is -0.394 e. The molecule has 28 heavy (non-hydrogen) atoms. The highest BCUT2D eigenvalue weighted by Gasteiger charge is 2.69. The molecule has 0 aromatic carbocycles. The van der Waals surface area contributed by atoms with E-state index in [9.17, 15) is 24.3 Å². The fourth-order valence-corrected chi connectivity index (χ4v) is 2.06. The summed E-state index contributed by atoms with van der Waals surface area (Å²) < 4.78 is 29.3. The maximum atomic E-state index is 12.1. The third-order valence-electron chi connectivity index (χ3n) is 3.39. The zero-order valence-corrected chi connectivity index (χ0v) is 15.0. The number of carbonyl (C=O) groups is 4. The van der Waals surface area contributed by atoms with Crippen LogP contribution >= 0.6 is 0 Å². The van der Waals surface area contributed by atoms with Gasteiger partial charge in [-0.25, -0.2) is 19.2 Å². The van der Waals surface area contributed by atoms with Gasteiger partial charge in [0.25, 0.3) is 0 Å². The van der Waals surface area contributed by atoms with Gasteiger partial charge in [-0.05, 0) is 13.8 Å². The summed E-state index contributed by atoms with van der Waals surface area (Å²) >= 11 is 0. The van der Waals surface area contributed by atoms with Gasteiger partial charge in [-0.1, -0.05) is 0 Å². The minimum atomic E-state index is -3.46. The average molecular weight is 402 g/mol. The zero-order chi connectivity index (χ0) is 20.9. The first-order valence-corrected chi connectivity index (χ1v) is 7.96. The van der Waals surface area contributed by atoms with Crippen LogP contribution in [0.15, 0.2) is 23.3 Å². The van der Waals surface area contributed by atoms with Crippen molar-refractivity contribution in [2.75, 3.05) is 26.4 Å². The Morgan fingerprint density at radius 3 is 2.04 bits per heavy atom. The number of hydrogen-bond acceptors (Lipinski definition) is 12. The third kappa shape index (κ3) is 4.54. The molecule has 0 bridgehead atoms. The van der Waals surface area contributed by atoms with Gasteiger partial charge in [-0.3, -0.25) is 4.74 Å². The second kappa shape index (κ2) is 8.48. The zero-order valence-electron chi connectivity index (χ0n) is 15.0. The van der Waals surface area contributed by atoms with Crippen LogP contribution in [0, 0.1) is 0 Å². The lowest BCUT2D eigenvalue weighted by Gasteiger charge is -2.38. The van der Waals surface area contributed by atoms with Crippen LogP contribution in [0.4, 0.5) is 0 Å². The Morgan fingerprint density at radius 1 is 0.857 bits per heavy atom. The maximum absolute atomic E-state index is 12.1. The molecule has 0 aromatic heterocycles. The van der Waals surface area contributed by atoms with E-state index in [1.54, 1.807) is 0 Å². The van der Waals surface area contributed by atoms with Crippen molar-refractivity contribution in [3.8, 4) is 0 Å². The standard InChI is InChI=1S/C16H18O12/c1-9-7-11(18)25-15(22,27-13(9)20)16(24-6-5-23-4-3-17)26-12(19)8-10(2)14(21)28-16/h7-8,17,22H,3-6H2,1-2H3. The average Bonchev–Trinajstić information content (AvgIpc) is 2.77. The van der Waals surface area contributed by atoms with Crippen molar-refractivity contribution < 1.29 is 57.8 Å². The molecular weight excluding hydrogens is 384 g/mol. The summed E-state index contributed by atoms with van der Waals surface area (Å²) in [5.41, 5.74) is -0.473. The number of rotatable bonds is 7. The van der Waals surface area contributed by atoms with Crippen LogP contribution in [0.3, 0.4) is 0 Å². The fourth-order valence-electron chi connectivity index (χ4n) is 2.06. The van der Waals surface area contributed by atoms with Crippen molar-refractivity contribution in [2.45, 2.75) is 25.8 Å². The van der Waals surface area contributed by atoms with Crippen LogP contribution in [0.5, 0.6) is 0 Å². The maximum Gasteiger partial charge on any atom is 0.491 e. The van der Waals surface area contributed by atoms with Crippen LogP contribution in [0.25, 0.3) is 0 Å². The topological polar surface area (TPSA) is 164 Å². The van der Waals surface area contributed by atoms with Crippen LogP contribution < -0.4 is 0 Å². The first-order valence-electron chi connectivity index (χ1n) is 7.96. The molecule has 2 aliphatic heterocycles. The lowest BCUT2D eigenvalue weighted by Crippen LogP contribution is -2.64. The summed E-state index contributed by atoms with van der Waals surface area (Å²) in [6.07, 6.45) is 1.45. The smallest absolute Gasteiger partial charge is 0.394 e. The molecule has 0 amide bonds. The van der Waals surface area contributed by atoms with E-state index in [4.69, 9.17) is 28.8 Å². The van der Waals surface area contributed by atoms with Gasteiger partial charge in [0.05, 0.1) is 26.4 Å².